The first-order valence-corrected chi connectivity index (χ1v) is 12.0. The highest BCUT2D eigenvalue weighted by Gasteiger charge is 2.23. The van der Waals surface area contributed by atoms with Gasteiger partial charge in [0.2, 0.25) is 0 Å². The zero-order valence-electron chi connectivity index (χ0n) is 20.4. The number of carboxylic acid groups (broad SMARTS) is 1. The van der Waals surface area contributed by atoms with E-state index in [4.69, 9.17) is 5.11 Å². The SMILES string of the molecule is O=C(O)NCCCn1c(=O)c(C(=O)NCCCn2ccnc2)c(O)c2ncc(Cc3ccc(F)cc3)cc21. The van der Waals surface area contributed by atoms with Crippen molar-refractivity contribution in [3.05, 3.63) is 88.1 Å². The summed E-state index contributed by atoms with van der Waals surface area (Å²) in [5, 5.41) is 24.7. The molecule has 11 nitrogen and oxygen atoms in total. The van der Waals surface area contributed by atoms with E-state index in [1.54, 1.807) is 36.9 Å². The quantitative estimate of drug-likeness (QED) is 0.221. The van der Waals surface area contributed by atoms with E-state index in [1.807, 2.05) is 4.57 Å². The van der Waals surface area contributed by atoms with Crippen molar-refractivity contribution in [3.63, 3.8) is 0 Å². The molecule has 0 radical (unpaired) electrons. The largest absolute Gasteiger partial charge is 0.505 e. The maximum absolute atomic E-state index is 13.4. The molecule has 0 aliphatic rings. The topological polar surface area (TPSA) is 151 Å². The molecule has 4 rings (SSSR count). The standard InChI is InChI=1S/C26H27FN6O5/c27-19-5-3-17(4-6-19)13-18-14-20-22(31-15-18)23(34)21(25(36)33(20)11-2-8-30-26(37)38)24(35)29-7-1-10-32-12-9-28-16-32/h3-6,9,12,14-16,30,34H,1-2,7-8,10-11,13H2,(H,29,35)(H,37,38). The summed E-state index contributed by atoms with van der Waals surface area (Å²) in [4.78, 5) is 45.5. The number of carbonyl (C=O) groups is 2. The van der Waals surface area contributed by atoms with Gasteiger partial charge in [-0.3, -0.25) is 14.6 Å². The Balaban J connectivity index is 1.63. The number of fused-ring (bicyclic) bond motifs is 1. The molecular weight excluding hydrogens is 495 g/mol. The number of aromatic hydroxyl groups is 1. The minimum Gasteiger partial charge on any atom is -0.505 e. The van der Waals surface area contributed by atoms with Gasteiger partial charge in [0.1, 0.15) is 16.9 Å². The fourth-order valence-electron chi connectivity index (χ4n) is 4.11. The summed E-state index contributed by atoms with van der Waals surface area (Å²) < 4.78 is 16.5. The third-order valence-electron chi connectivity index (χ3n) is 5.96. The number of pyridine rings is 2. The summed E-state index contributed by atoms with van der Waals surface area (Å²) in [6.07, 6.45) is 6.69. The summed E-state index contributed by atoms with van der Waals surface area (Å²) in [7, 11) is 0. The van der Waals surface area contributed by atoms with Gasteiger partial charge in [0, 0.05) is 44.8 Å². The normalized spacial score (nSPS) is 11.0. The monoisotopic (exact) mass is 522 g/mol. The van der Waals surface area contributed by atoms with E-state index in [-0.39, 0.29) is 37.4 Å². The fraction of sp³-hybridized carbons (Fsp3) is 0.269. The first-order chi connectivity index (χ1) is 18.3. The van der Waals surface area contributed by atoms with Crippen molar-refractivity contribution in [1.29, 1.82) is 0 Å². The van der Waals surface area contributed by atoms with Crippen LogP contribution >= 0.6 is 0 Å². The van der Waals surface area contributed by atoms with Crippen molar-refractivity contribution in [2.75, 3.05) is 13.1 Å². The van der Waals surface area contributed by atoms with Gasteiger partial charge in [-0.05, 0) is 48.6 Å². The van der Waals surface area contributed by atoms with Crippen LogP contribution in [0.15, 0.2) is 60.0 Å². The number of hydrogen-bond acceptors (Lipinski definition) is 6. The molecule has 198 valence electrons. The zero-order chi connectivity index (χ0) is 27.1. The molecule has 0 aliphatic carbocycles. The van der Waals surface area contributed by atoms with Crippen LogP contribution in [-0.2, 0) is 19.5 Å². The Morgan fingerprint density at radius 1 is 1.03 bits per heavy atom. The molecule has 0 saturated heterocycles. The summed E-state index contributed by atoms with van der Waals surface area (Å²) >= 11 is 0. The Hall–Kier alpha value is -4.74. The van der Waals surface area contributed by atoms with Crippen molar-refractivity contribution in [2.45, 2.75) is 32.4 Å². The highest BCUT2D eigenvalue weighted by atomic mass is 19.1. The zero-order valence-corrected chi connectivity index (χ0v) is 20.4. The molecule has 0 aliphatic heterocycles. The predicted molar refractivity (Wildman–Crippen MR) is 137 cm³/mol. The molecule has 2 amide bonds. The van der Waals surface area contributed by atoms with Gasteiger partial charge in [-0.25, -0.2) is 14.2 Å². The Labute approximate surface area is 216 Å². The van der Waals surface area contributed by atoms with Gasteiger partial charge in [0.25, 0.3) is 11.5 Å². The second-order valence-electron chi connectivity index (χ2n) is 8.69. The number of aromatic nitrogens is 4. The highest BCUT2D eigenvalue weighted by Crippen LogP contribution is 2.26. The van der Waals surface area contributed by atoms with Gasteiger partial charge in [0.05, 0.1) is 11.8 Å². The molecular formula is C26H27FN6O5. The molecule has 4 N–H and O–H groups in total. The average Bonchev–Trinajstić information content (AvgIpc) is 3.41. The van der Waals surface area contributed by atoms with Gasteiger partial charge in [-0.2, -0.15) is 0 Å². The molecule has 38 heavy (non-hydrogen) atoms. The van der Waals surface area contributed by atoms with Gasteiger partial charge in [-0.1, -0.05) is 12.1 Å². The summed E-state index contributed by atoms with van der Waals surface area (Å²) in [5.41, 5.74) is 0.768. The first-order valence-electron chi connectivity index (χ1n) is 12.0. The lowest BCUT2D eigenvalue weighted by atomic mass is 10.1. The number of nitrogens with zero attached hydrogens (tertiary/aromatic N) is 4. The molecule has 0 unspecified atom stereocenters. The number of hydrogen-bond donors (Lipinski definition) is 4. The molecule has 1 aromatic carbocycles. The van der Waals surface area contributed by atoms with Crippen molar-refractivity contribution < 1.29 is 24.2 Å². The molecule has 0 spiro atoms. The maximum atomic E-state index is 13.4. The van der Waals surface area contributed by atoms with Crippen molar-refractivity contribution >= 4 is 23.0 Å². The van der Waals surface area contributed by atoms with Crippen molar-refractivity contribution in [3.8, 4) is 5.75 Å². The predicted octanol–water partition coefficient (Wildman–Crippen LogP) is 2.51. The van der Waals surface area contributed by atoms with E-state index in [9.17, 15) is 23.9 Å². The molecule has 0 saturated carbocycles. The van der Waals surface area contributed by atoms with Crippen LogP contribution in [0.4, 0.5) is 9.18 Å². The minimum absolute atomic E-state index is 0.0715. The second-order valence-corrected chi connectivity index (χ2v) is 8.69. The first kappa shape index (κ1) is 26.3. The molecule has 3 heterocycles. The number of amides is 2. The van der Waals surface area contributed by atoms with E-state index in [1.165, 1.54) is 22.9 Å². The van der Waals surface area contributed by atoms with E-state index in [0.29, 0.717) is 30.5 Å². The Morgan fingerprint density at radius 2 is 1.76 bits per heavy atom. The Kier molecular flexibility index (Phi) is 8.31. The van der Waals surface area contributed by atoms with Crippen LogP contribution in [0.25, 0.3) is 11.0 Å². The van der Waals surface area contributed by atoms with Crippen LogP contribution in [0.1, 0.15) is 34.3 Å². The van der Waals surface area contributed by atoms with Gasteiger partial charge >= 0.3 is 6.09 Å². The van der Waals surface area contributed by atoms with Crippen LogP contribution in [0.5, 0.6) is 5.75 Å². The number of halogens is 1. The van der Waals surface area contributed by atoms with Crippen LogP contribution < -0.4 is 16.2 Å². The van der Waals surface area contributed by atoms with E-state index in [0.717, 1.165) is 5.56 Å². The average molecular weight is 523 g/mol. The van der Waals surface area contributed by atoms with Gasteiger partial charge < -0.3 is 30.0 Å². The summed E-state index contributed by atoms with van der Waals surface area (Å²) in [6.45, 7) is 1.05. The van der Waals surface area contributed by atoms with Crippen LogP contribution in [-0.4, -0.2) is 54.4 Å². The molecule has 3 aromatic heterocycles. The number of rotatable bonds is 11. The Morgan fingerprint density at radius 3 is 2.47 bits per heavy atom. The molecule has 0 fully saturated rings. The van der Waals surface area contributed by atoms with Gasteiger partial charge in [0.15, 0.2) is 5.75 Å². The van der Waals surface area contributed by atoms with E-state index >= 15 is 0 Å². The Bertz CT molecular complexity index is 1490. The lowest BCUT2D eigenvalue weighted by Crippen LogP contribution is -2.35. The molecule has 12 heteroatoms. The van der Waals surface area contributed by atoms with Crippen LogP contribution in [0, 0.1) is 5.82 Å². The van der Waals surface area contributed by atoms with Crippen LogP contribution in [0.2, 0.25) is 0 Å². The third kappa shape index (κ3) is 6.33. The van der Waals surface area contributed by atoms with E-state index < -0.39 is 28.9 Å². The number of aryl methyl sites for hydroxylation is 2. The smallest absolute Gasteiger partial charge is 0.404 e. The number of carbonyl (C=O) groups excluding carboxylic acids is 1. The molecule has 0 bridgehead atoms. The second kappa shape index (κ2) is 12.0. The number of nitrogens with one attached hydrogen (secondary N) is 2. The number of imidazole rings is 1. The lowest BCUT2D eigenvalue weighted by molar-refractivity contribution is 0.0948. The molecule has 0 atom stereocenters. The van der Waals surface area contributed by atoms with Crippen LogP contribution in [0.3, 0.4) is 0 Å². The summed E-state index contributed by atoms with van der Waals surface area (Å²) in [6, 6.07) is 7.66. The van der Waals surface area contributed by atoms with E-state index in [2.05, 4.69) is 20.6 Å². The molecule has 4 aromatic rings. The summed E-state index contributed by atoms with van der Waals surface area (Å²) in [5.74, 6) is -1.60. The lowest BCUT2D eigenvalue weighted by Gasteiger charge is -2.15. The third-order valence-corrected chi connectivity index (χ3v) is 5.96. The maximum Gasteiger partial charge on any atom is 0.404 e. The minimum atomic E-state index is -1.19. The van der Waals surface area contributed by atoms with Crippen molar-refractivity contribution in [2.24, 2.45) is 0 Å². The van der Waals surface area contributed by atoms with Gasteiger partial charge in [-0.15, -0.1) is 0 Å². The van der Waals surface area contributed by atoms with Crippen molar-refractivity contribution in [1.82, 2.24) is 29.7 Å². The fourth-order valence-corrected chi connectivity index (χ4v) is 4.11. The number of benzene rings is 1. The highest BCUT2D eigenvalue weighted by molar-refractivity contribution is 6.01.